The van der Waals surface area contributed by atoms with E-state index in [0.717, 1.165) is 5.69 Å². The first-order valence-electron chi connectivity index (χ1n) is 4.98. The molecule has 82 valence electrons. The fraction of sp³-hybridized carbons (Fsp3) is 0.167. The van der Waals surface area contributed by atoms with Crippen molar-refractivity contribution in [1.82, 2.24) is 9.97 Å². The predicted molar refractivity (Wildman–Crippen MR) is 66.2 cm³/mol. The van der Waals surface area contributed by atoms with Crippen LogP contribution in [0.1, 0.15) is 11.1 Å². The highest BCUT2D eigenvalue weighted by molar-refractivity contribution is 6.28. The molecule has 1 aromatic heterocycles. The topological polar surface area (TPSA) is 37.8 Å². The van der Waals surface area contributed by atoms with Gasteiger partial charge in [-0.3, -0.25) is 0 Å². The number of aromatic nitrogens is 2. The van der Waals surface area contributed by atoms with Crippen LogP contribution in [0.25, 0.3) is 0 Å². The van der Waals surface area contributed by atoms with Gasteiger partial charge in [-0.15, -0.1) is 0 Å². The Morgan fingerprint density at radius 1 is 1.12 bits per heavy atom. The Morgan fingerprint density at radius 2 is 1.94 bits per heavy atom. The second kappa shape index (κ2) is 4.49. The fourth-order valence-electron chi connectivity index (χ4n) is 1.37. The molecule has 0 spiro atoms. The Hall–Kier alpha value is -1.61. The summed E-state index contributed by atoms with van der Waals surface area (Å²) in [4.78, 5) is 7.89. The molecular formula is C12H12ClN3. The second-order valence-electron chi connectivity index (χ2n) is 3.63. The maximum absolute atomic E-state index is 5.71. The first-order valence-corrected chi connectivity index (χ1v) is 5.36. The lowest BCUT2D eigenvalue weighted by Gasteiger charge is -2.07. The maximum atomic E-state index is 5.71. The summed E-state index contributed by atoms with van der Waals surface area (Å²) in [5.74, 6) is 0.697. The summed E-state index contributed by atoms with van der Waals surface area (Å²) in [6, 6.07) is 7.94. The van der Waals surface area contributed by atoms with Gasteiger partial charge in [0, 0.05) is 11.9 Å². The van der Waals surface area contributed by atoms with E-state index in [-0.39, 0.29) is 5.28 Å². The fourth-order valence-corrected chi connectivity index (χ4v) is 1.52. The number of nitrogens with one attached hydrogen (secondary N) is 1. The van der Waals surface area contributed by atoms with Crippen molar-refractivity contribution in [1.29, 1.82) is 0 Å². The third kappa shape index (κ3) is 2.49. The molecule has 0 saturated heterocycles. The number of halogens is 1. The second-order valence-corrected chi connectivity index (χ2v) is 3.97. The number of hydrogen-bond donors (Lipinski definition) is 1. The smallest absolute Gasteiger partial charge is 0.224 e. The lowest BCUT2D eigenvalue weighted by molar-refractivity contribution is 1.17. The molecule has 0 unspecified atom stereocenters. The lowest BCUT2D eigenvalue weighted by atomic mass is 10.1. The zero-order chi connectivity index (χ0) is 11.5. The molecule has 0 aliphatic carbocycles. The summed E-state index contributed by atoms with van der Waals surface area (Å²) in [5.41, 5.74) is 3.51. The molecule has 1 N–H and O–H groups in total. The van der Waals surface area contributed by atoms with Gasteiger partial charge in [0.05, 0.1) is 0 Å². The highest BCUT2D eigenvalue weighted by Crippen LogP contribution is 2.18. The van der Waals surface area contributed by atoms with Crippen molar-refractivity contribution in [3.05, 3.63) is 46.9 Å². The number of benzene rings is 1. The molecule has 0 amide bonds. The minimum atomic E-state index is 0.244. The molecule has 0 atom stereocenters. The van der Waals surface area contributed by atoms with Gasteiger partial charge in [0.15, 0.2) is 0 Å². The summed E-state index contributed by atoms with van der Waals surface area (Å²) in [5, 5.41) is 3.42. The third-order valence-corrected chi connectivity index (χ3v) is 2.59. The highest BCUT2D eigenvalue weighted by Gasteiger charge is 1.99. The number of anilines is 2. The lowest BCUT2D eigenvalue weighted by Crippen LogP contribution is -1.95. The molecule has 0 fully saturated rings. The first-order chi connectivity index (χ1) is 7.65. The molecule has 3 nitrogen and oxygen atoms in total. The zero-order valence-electron chi connectivity index (χ0n) is 9.16. The van der Waals surface area contributed by atoms with E-state index < -0.39 is 0 Å². The van der Waals surface area contributed by atoms with Gasteiger partial charge < -0.3 is 5.32 Å². The van der Waals surface area contributed by atoms with Crippen LogP contribution in [0.15, 0.2) is 30.5 Å². The van der Waals surface area contributed by atoms with Crippen LogP contribution >= 0.6 is 11.6 Å². The predicted octanol–water partition coefficient (Wildman–Crippen LogP) is 3.49. The van der Waals surface area contributed by atoms with Gasteiger partial charge in [0.25, 0.3) is 0 Å². The molecule has 2 rings (SSSR count). The average Bonchev–Trinajstić information content (AvgIpc) is 2.24. The van der Waals surface area contributed by atoms with Crippen LogP contribution in [0, 0.1) is 13.8 Å². The van der Waals surface area contributed by atoms with Crippen LogP contribution in [0.4, 0.5) is 11.5 Å². The normalized spacial score (nSPS) is 10.2. The monoisotopic (exact) mass is 233 g/mol. The minimum absolute atomic E-state index is 0.244. The molecule has 2 aromatic rings. The first kappa shape index (κ1) is 10.9. The SMILES string of the molecule is Cc1ccc(Nc2ccnc(Cl)n2)cc1C. The Balaban J connectivity index is 2.24. The van der Waals surface area contributed by atoms with E-state index in [1.807, 2.05) is 6.07 Å². The van der Waals surface area contributed by atoms with Gasteiger partial charge in [-0.2, -0.15) is 0 Å². The number of hydrogen-bond acceptors (Lipinski definition) is 3. The number of rotatable bonds is 2. The van der Waals surface area contributed by atoms with Gasteiger partial charge in [-0.1, -0.05) is 6.07 Å². The van der Waals surface area contributed by atoms with Crippen LogP contribution in [0.3, 0.4) is 0 Å². The third-order valence-electron chi connectivity index (χ3n) is 2.41. The van der Waals surface area contributed by atoms with Crippen molar-refractivity contribution < 1.29 is 0 Å². The van der Waals surface area contributed by atoms with Crippen LogP contribution in [-0.4, -0.2) is 9.97 Å². The molecule has 0 saturated carbocycles. The van der Waals surface area contributed by atoms with Crippen molar-refractivity contribution in [3.8, 4) is 0 Å². The van der Waals surface area contributed by atoms with E-state index in [0.29, 0.717) is 5.82 Å². The van der Waals surface area contributed by atoms with Gasteiger partial charge in [-0.25, -0.2) is 9.97 Å². The molecule has 0 aliphatic rings. The van der Waals surface area contributed by atoms with Crippen LogP contribution in [0.5, 0.6) is 0 Å². The summed E-state index contributed by atoms with van der Waals surface area (Å²) in [7, 11) is 0. The van der Waals surface area contributed by atoms with Crippen molar-refractivity contribution >= 4 is 23.1 Å². The Bertz CT molecular complexity index is 511. The van der Waals surface area contributed by atoms with Crippen molar-refractivity contribution in [2.75, 3.05) is 5.32 Å². The largest absolute Gasteiger partial charge is 0.340 e. The molecule has 0 radical (unpaired) electrons. The Kier molecular flexibility index (Phi) is 3.06. The summed E-state index contributed by atoms with van der Waals surface area (Å²) in [6.45, 7) is 4.16. The minimum Gasteiger partial charge on any atom is -0.340 e. The van der Waals surface area contributed by atoms with Crippen LogP contribution < -0.4 is 5.32 Å². The molecular weight excluding hydrogens is 222 g/mol. The molecule has 4 heteroatoms. The van der Waals surface area contributed by atoms with E-state index in [9.17, 15) is 0 Å². The summed E-state index contributed by atoms with van der Waals surface area (Å²) in [6.07, 6.45) is 1.62. The number of aryl methyl sites for hydroxylation is 2. The summed E-state index contributed by atoms with van der Waals surface area (Å²) < 4.78 is 0. The Labute approximate surface area is 99.5 Å². The molecule has 1 aromatic carbocycles. The van der Waals surface area contributed by atoms with Crippen LogP contribution in [0.2, 0.25) is 5.28 Å². The van der Waals surface area contributed by atoms with E-state index in [1.54, 1.807) is 12.3 Å². The van der Waals surface area contributed by atoms with Crippen molar-refractivity contribution in [2.24, 2.45) is 0 Å². The number of nitrogens with zero attached hydrogens (tertiary/aromatic N) is 2. The quantitative estimate of drug-likeness (QED) is 0.807. The molecule has 0 aliphatic heterocycles. The maximum Gasteiger partial charge on any atom is 0.224 e. The van der Waals surface area contributed by atoms with Crippen LogP contribution in [-0.2, 0) is 0 Å². The average molecular weight is 234 g/mol. The van der Waals surface area contributed by atoms with E-state index in [1.165, 1.54) is 11.1 Å². The van der Waals surface area contributed by atoms with Gasteiger partial charge >= 0.3 is 0 Å². The molecule has 1 heterocycles. The van der Waals surface area contributed by atoms with Crippen molar-refractivity contribution in [2.45, 2.75) is 13.8 Å². The summed E-state index contributed by atoms with van der Waals surface area (Å²) >= 11 is 5.71. The van der Waals surface area contributed by atoms with Gasteiger partial charge in [0.2, 0.25) is 5.28 Å². The van der Waals surface area contributed by atoms with Gasteiger partial charge in [-0.05, 0) is 54.8 Å². The van der Waals surface area contributed by atoms with Gasteiger partial charge in [0.1, 0.15) is 5.82 Å². The zero-order valence-corrected chi connectivity index (χ0v) is 9.92. The molecule has 16 heavy (non-hydrogen) atoms. The van der Waals surface area contributed by atoms with E-state index in [2.05, 4.69) is 41.3 Å². The van der Waals surface area contributed by atoms with E-state index >= 15 is 0 Å². The van der Waals surface area contributed by atoms with E-state index in [4.69, 9.17) is 11.6 Å². The standard InChI is InChI=1S/C12H12ClN3/c1-8-3-4-10(7-9(8)2)15-11-5-6-14-12(13)16-11/h3-7H,1-2H3,(H,14,15,16). The van der Waals surface area contributed by atoms with Crippen molar-refractivity contribution in [3.63, 3.8) is 0 Å². The highest BCUT2D eigenvalue weighted by atomic mass is 35.5. The Morgan fingerprint density at radius 3 is 2.62 bits per heavy atom. The molecule has 0 bridgehead atoms.